The van der Waals surface area contributed by atoms with Crippen LogP contribution < -0.4 is 4.90 Å². The Bertz CT molecular complexity index is 1100. The Morgan fingerprint density at radius 1 is 0.862 bits per heavy atom. The number of sulfonamides is 1. The number of hydrogen-bond donors (Lipinski definition) is 0. The van der Waals surface area contributed by atoms with Gasteiger partial charge < -0.3 is 4.90 Å². The minimum Gasteiger partial charge on any atom is -0.369 e. The largest absolute Gasteiger partial charge is 0.369 e. The zero-order valence-corrected chi connectivity index (χ0v) is 17.9. The van der Waals surface area contributed by atoms with Crippen molar-refractivity contribution in [3.8, 4) is 0 Å². The molecule has 1 saturated heterocycles. The van der Waals surface area contributed by atoms with Crippen LogP contribution in [0.25, 0.3) is 0 Å². The second-order valence-corrected chi connectivity index (χ2v) is 10.9. The molecular formula is C17H16Cl2F2N2O4S2. The molecule has 0 N–H and O–H groups in total. The van der Waals surface area contributed by atoms with Crippen molar-refractivity contribution in [1.82, 2.24) is 4.31 Å². The van der Waals surface area contributed by atoms with E-state index in [2.05, 4.69) is 0 Å². The molecule has 0 spiro atoms. The summed E-state index contributed by atoms with van der Waals surface area (Å²) in [6.07, 6.45) is 0. The van der Waals surface area contributed by atoms with Crippen LogP contribution in [0.3, 0.4) is 0 Å². The van der Waals surface area contributed by atoms with E-state index >= 15 is 0 Å². The molecule has 1 aliphatic heterocycles. The van der Waals surface area contributed by atoms with Crippen LogP contribution in [0.1, 0.15) is 0 Å². The van der Waals surface area contributed by atoms with Crippen molar-refractivity contribution in [2.75, 3.05) is 31.1 Å². The summed E-state index contributed by atoms with van der Waals surface area (Å²) in [5.74, 6) is -3.49. The number of alkyl halides is 2. The van der Waals surface area contributed by atoms with Gasteiger partial charge in [0, 0.05) is 31.9 Å². The number of hydrogen-bond acceptors (Lipinski definition) is 5. The van der Waals surface area contributed by atoms with Gasteiger partial charge in [-0.2, -0.15) is 13.1 Å². The fraction of sp³-hybridized carbons (Fsp3) is 0.294. The lowest BCUT2D eigenvalue weighted by atomic mass is 10.2. The fourth-order valence-electron chi connectivity index (χ4n) is 2.96. The highest BCUT2D eigenvalue weighted by molar-refractivity contribution is 7.91. The average molecular weight is 485 g/mol. The molecule has 0 aromatic heterocycles. The summed E-state index contributed by atoms with van der Waals surface area (Å²) in [7, 11) is -8.48. The van der Waals surface area contributed by atoms with Crippen molar-refractivity contribution in [2.24, 2.45) is 0 Å². The van der Waals surface area contributed by atoms with E-state index in [1.165, 1.54) is 34.6 Å². The molecule has 1 aliphatic rings. The minimum absolute atomic E-state index is 0.0348. The van der Waals surface area contributed by atoms with Gasteiger partial charge in [0.05, 0.1) is 14.9 Å². The Morgan fingerprint density at radius 3 is 2.00 bits per heavy atom. The quantitative estimate of drug-likeness (QED) is 0.648. The summed E-state index contributed by atoms with van der Waals surface area (Å²) >= 11 is 12.0. The summed E-state index contributed by atoms with van der Waals surface area (Å²) < 4.78 is 75.2. The molecule has 0 aliphatic carbocycles. The molecule has 3 rings (SSSR count). The Balaban J connectivity index is 1.73. The van der Waals surface area contributed by atoms with E-state index < -0.39 is 30.5 Å². The second-order valence-electron chi connectivity index (χ2n) is 6.24. The highest BCUT2D eigenvalue weighted by Crippen LogP contribution is 2.31. The van der Waals surface area contributed by atoms with E-state index in [4.69, 9.17) is 23.2 Å². The number of halogens is 4. The van der Waals surface area contributed by atoms with Gasteiger partial charge in [-0.05, 0) is 36.4 Å². The predicted octanol–water partition coefficient (Wildman–Crippen LogP) is 3.50. The van der Waals surface area contributed by atoms with Crippen LogP contribution >= 0.6 is 23.2 Å². The zero-order valence-electron chi connectivity index (χ0n) is 14.8. The molecule has 2 aromatic rings. The SMILES string of the molecule is O=S(=O)(c1ccc(N2CCN(S(=O)(=O)c3cccc(Cl)c3Cl)CC2)cc1)C(F)F. The standard InChI is InChI=1S/C17H16Cl2F2N2O4S2/c18-14-2-1-3-15(16(14)19)29(26,27)23-10-8-22(9-11-23)12-4-6-13(7-5-12)28(24,25)17(20)21/h1-7,17H,8-11H2. The third-order valence-electron chi connectivity index (χ3n) is 4.54. The number of anilines is 1. The Hall–Kier alpha value is -1.46. The van der Waals surface area contributed by atoms with E-state index in [0.29, 0.717) is 18.8 Å². The molecule has 2 aromatic carbocycles. The fourth-order valence-corrected chi connectivity index (χ4v) is 5.84. The maximum atomic E-state index is 12.8. The van der Waals surface area contributed by atoms with Crippen molar-refractivity contribution in [3.63, 3.8) is 0 Å². The minimum atomic E-state index is -4.65. The average Bonchev–Trinajstić information content (AvgIpc) is 2.70. The van der Waals surface area contributed by atoms with Crippen LogP contribution in [0, 0.1) is 0 Å². The van der Waals surface area contributed by atoms with Crippen LogP contribution in [0.2, 0.25) is 10.0 Å². The molecular weight excluding hydrogens is 469 g/mol. The number of nitrogens with zero attached hydrogens (tertiary/aromatic N) is 2. The van der Waals surface area contributed by atoms with Gasteiger partial charge in [-0.1, -0.05) is 29.3 Å². The normalized spacial score (nSPS) is 16.4. The molecule has 0 radical (unpaired) electrons. The van der Waals surface area contributed by atoms with Gasteiger partial charge in [0.15, 0.2) is 0 Å². The molecule has 0 atom stereocenters. The summed E-state index contributed by atoms with van der Waals surface area (Å²) in [5, 5.41) is 0.109. The zero-order chi connectivity index (χ0) is 21.4. The predicted molar refractivity (Wildman–Crippen MR) is 107 cm³/mol. The molecule has 6 nitrogen and oxygen atoms in total. The Kier molecular flexibility index (Phi) is 6.40. The van der Waals surface area contributed by atoms with E-state index in [0.717, 1.165) is 12.1 Å². The highest BCUT2D eigenvalue weighted by Gasteiger charge is 2.31. The third-order valence-corrected chi connectivity index (χ3v) is 8.81. The number of sulfone groups is 1. The van der Waals surface area contributed by atoms with Crippen molar-refractivity contribution >= 4 is 48.7 Å². The number of rotatable bonds is 5. The lowest BCUT2D eigenvalue weighted by molar-refractivity contribution is 0.234. The van der Waals surface area contributed by atoms with Gasteiger partial charge in [-0.25, -0.2) is 16.8 Å². The first-order chi connectivity index (χ1) is 13.5. The smallest absolute Gasteiger partial charge is 0.341 e. The van der Waals surface area contributed by atoms with E-state index in [1.54, 1.807) is 0 Å². The Morgan fingerprint density at radius 2 is 1.45 bits per heavy atom. The Labute approximate surface area is 177 Å². The molecule has 158 valence electrons. The maximum Gasteiger partial charge on any atom is 0.341 e. The van der Waals surface area contributed by atoms with Gasteiger partial charge >= 0.3 is 5.76 Å². The maximum absolute atomic E-state index is 12.8. The van der Waals surface area contributed by atoms with Crippen LogP contribution in [0.4, 0.5) is 14.5 Å². The first kappa shape index (κ1) is 22.2. The van der Waals surface area contributed by atoms with Crippen molar-refractivity contribution < 1.29 is 25.6 Å². The van der Waals surface area contributed by atoms with E-state index in [-0.39, 0.29) is 28.0 Å². The molecule has 29 heavy (non-hydrogen) atoms. The van der Waals surface area contributed by atoms with Crippen molar-refractivity contribution in [2.45, 2.75) is 15.5 Å². The lowest BCUT2D eigenvalue weighted by Crippen LogP contribution is -2.48. The van der Waals surface area contributed by atoms with Gasteiger partial charge in [-0.3, -0.25) is 0 Å². The molecule has 0 saturated carbocycles. The lowest BCUT2D eigenvalue weighted by Gasteiger charge is -2.35. The van der Waals surface area contributed by atoms with Crippen LogP contribution in [-0.4, -0.2) is 53.1 Å². The first-order valence-electron chi connectivity index (χ1n) is 8.36. The van der Waals surface area contributed by atoms with Crippen LogP contribution in [-0.2, 0) is 19.9 Å². The van der Waals surface area contributed by atoms with Crippen LogP contribution in [0.5, 0.6) is 0 Å². The van der Waals surface area contributed by atoms with E-state index in [1.807, 2.05) is 4.90 Å². The molecule has 1 fully saturated rings. The van der Waals surface area contributed by atoms with Gasteiger partial charge in [0.1, 0.15) is 4.90 Å². The van der Waals surface area contributed by atoms with Crippen LogP contribution in [0.15, 0.2) is 52.3 Å². The highest BCUT2D eigenvalue weighted by atomic mass is 35.5. The number of piperazine rings is 1. The second kappa shape index (κ2) is 8.35. The molecule has 0 unspecified atom stereocenters. The molecule has 1 heterocycles. The summed E-state index contributed by atoms with van der Waals surface area (Å²) in [6, 6.07) is 9.47. The summed E-state index contributed by atoms with van der Waals surface area (Å²) in [6.45, 7) is 1.00. The number of benzene rings is 2. The first-order valence-corrected chi connectivity index (χ1v) is 12.1. The van der Waals surface area contributed by atoms with Gasteiger partial charge in [0.25, 0.3) is 0 Å². The van der Waals surface area contributed by atoms with Crippen molar-refractivity contribution in [1.29, 1.82) is 0 Å². The summed E-state index contributed by atoms with van der Waals surface area (Å²) in [5.41, 5.74) is 0.607. The van der Waals surface area contributed by atoms with Gasteiger partial charge in [0.2, 0.25) is 19.9 Å². The molecule has 0 amide bonds. The molecule has 0 bridgehead atoms. The monoisotopic (exact) mass is 484 g/mol. The molecule has 12 heteroatoms. The van der Waals surface area contributed by atoms with Crippen molar-refractivity contribution in [3.05, 3.63) is 52.5 Å². The summed E-state index contributed by atoms with van der Waals surface area (Å²) in [4.78, 5) is 1.31. The van der Waals surface area contributed by atoms with E-state index in [9.17, 15) is 25.6 Å². The third kappa shape index (κ3) is 4.36. The van der Waals surface area contributed by atoms with Gasteiger partial charge in [-0.15, -0.1) is 0 Å². The topological polar surface area (TPSA) is 74.8 Å².